The lowest BCUT2D eigenvalue weighted by Gasteiger charge is -2.17. The van der Waals surface area contributed by atoms with Crippen LogP contribution in [0.1, 0.15) is 31.3 Å². The second kappa shape index (κ2) is 8.18. The topological polar surface area (TPSA) is 86.5 Å². The fourth-order valence-corrected chi connectivity index (χ4v) is 2.97. The molecule has 0 radical (unpaired) electrons. The van der Waals surface area contributed by atoms with E-state index in [-0.39, 0.29) is 18.6 Å². The Morgan fingerprint density at radius 1 is 1.10 bits per heavy atom. The SMILES string of the molecule is CC(C)[C@H](NC(=O)/C=C/c1ccccc1)c1nc(-c2ccc3c(c2)OCO3)no1. The van der Waals surface area contributed by atoms with E-state index in [1.807, 2.05) is 62.4 Å². The van der Waals surface area contributed by atoms with Gasteiger partial charge in [0.25, 0.3) is 0 Å². The number of carbonyl (C=O) groups is 1. The van der Waals surface area contributed by atoms with Crippen molar-refractivity contribution in [2.75, 3.05) is 6.79 Å². The molecule has 0 unspecified atom stereocenters. The second-order valence-corrected chi connectivity index (χ2v) is 7.00. The summed E-state index contributed by atoms with van der Waals surface area (Å²) < 4.78 is 16.2. The molecule has 1 aliphatic rings. The van der Waals surface area contributed by atoms with Crippen LogP contribution in [0.3, 0.4) is 0 Å². The molecule has 3 aromatic rings. The van der Waals surface area contributed by atoms with E-state index in [1.54, 1.807) is 6.08 Å². The molecule has 0 aliphatic carbocycles. The zero-order valence-corrected chi connectivity index (χ0v) is 16.2. The number of hydrogen-bond donors (Lipinski definition) is 1. The standard InChI is InChI=1S/C22H21N3O4/c1-14(2)20(23-19(26)11-8-15-6-4-3-5-7-15)22-24-21(25-29-22)16-9-10-17-18(12-16)28-13-27-17/h3-12,14,20H,13H2,1-2H3,(H,23,26)/b11-8+/t20-/m0/s1. The fraction of sp³-hybridized carbons (Fsp3) is 0.227. The number of carbonyl (C=O) groups excluding carboxylic acids is 1. The fourth-order valence-electron chi connectivity index (χ4n) is 2.97. The van der Waals surface area contributed by atoms with Crippen molar-refractivity contribution in [1.82, 2.24) is 15.5 Å². The number of nitrogens with zero attached hydrogens (tertiary/aromatic N) is 2. The van der Waals surface area contributed by atoms with Gasteiger partial charge in [-0.2, -0.15) is 4.98 Å². The van der Waals surface area contributed by atoms with Crippen LogP contribution in [-0.2, 0) is 4.79 Å². The van der Waals surface area contributed by atoms with E-state index in [0.29, 0.717) is 23.2 Å². The van der Waals surface area contributed by atoms with Gasteiger partial charge in [-0.3, -0.25) is 4.79 Å². The van der Waals surface area contributed by atoms with Crippen molar-refractivity contribution in [3.63, 3.8) is 0 Å². The summed E-state index contributed by atoms with van der Waals surface area (Å²) in [6.07, 6.45) is 3.26. The van der Waals surface area contributed by atoms with Crippen molar-refractivity contribution < 1.29 is 18.8 Å². The highest BCUT2D eigenvalue weighted by Gasteiger charge is 2.25. The summed E-state index contributed by atoms with van der Waals surface area (Å²) in [4.78, 5) is 16.9. The average Bonchev–Trinajstić information content (AvgIpc) is 3.40. The molecule has 148 valence electrons. The van der Waals surface area contributed by atoms with Crippen molar-refractivity contribution in [2.45, 2.75) is 19.9 Å². The lowest BCUT2D eigenvalue weighted by Crippen LogP contribution is -2.30. The van der Waals surface area contributed by atoms with E-state index in [4.69, 9.17) is 14.0 Å². The molecule has 2 aromatic carbocycles. The minimum absolute atomic E-state index is 0.0640. The number of fused-ring (bicyclic) bond motifs is 1. The van der Waals surface area contributed by atoms with Crippen molar-refractivity contribution in [2.24, 2.45) is 5.92 Å². The second-order valence-electron chi connectivity index (χ2n) is 7.00. The van der Waals surface area contributed by atoms with Crippen LogP contribution in [0.5, 0.6) is 11.5 Å². The Labute approximate surface area is 168 Å². The van der Waals surface area contributed by atoms with E-state index >= 15 is 0 Å². The van der Waals surface area contributed by atoms with Crippen LogP contribution in [-0.4, -0.2) is 22.8 Å². The van der Waals surface area contributed by atoms with Crippen molar-refractivity contribution in [3.05, 3.63) is 66.1 Å². The summed E-state index contributed by atoms with van der Waals surface area (Å²) in [5, 5.41) is 7.01. The molecule has 29 heavy (non-hydrogen) atoms. The number of aromatic nitrogens is 2. The Bertz CT molecular complexity index is 1030. The molecule has 4 rings (SSSR count). The summed E-state index contributed by atoms with van der Waals surface area (Å²) in [5.74, 6) is 1.96. The molecule has 1 atom stereocenters. The zero-order chi connectivity index (χ0) is 20.2. The van der Waals surface area contributed by atoms with Crippen LogP contribution in [0.2, 0.25) is 0 Å². The van der Waals surface area contributed by atoms with Gasteiger partial charge in [-0.1, -0.05) is 49.3 Å². The summed E-state index contributed by atoms with van der Waals surface area (Å²) in [5.41, 5.74) is 1.70. The molecule has 7 nitrogen and oxygen atoms in total. The number of ether oxygens (including phenoxy) is 2. The highest BCUT2D eigenvalue weighted by atomic mass is 16.7. The van der Waals surface area contributed by atoms with Crippen LogP contribution >= 0.6 is 0 Å². The quantitative estimate of drug-likeness (QED) is 0.640. The normalized spacial score (nSPS) is 13.8. The molecule has 2 heterocycles. The van der Waals surface area contributed by atoms with Gasteiger partial charge in [0.05, 0.1) is 0 Å². The van der Waals surface area contributed by atoms with Crippen LogP contribution in [0.15, 0.2) is 59.1 Å². The van der Waals surface area contributed by atoms with Gasteiger partial charge in [-0.05, 0) is 35.8 Å². The first-order chi connectivity index (χ1) is 14.1. The zero-order valence-electron chi connectivity index (χ0n) is 16.2. The van der Waals surface area contributed by atoms with Gasteiger partial charge in [-0.15, -0.1) is 0 Å². The van der Waals surface area contributed by atoms with Crippen LogP contribution in [0, 0.1) is 5.92 Å². The minimum atomic E-state index is -0.404. The van der Waals surface area contributed by atoms with Gasteiger partial charge in [0.2, 0.25) is 24.4 Å². The minimum Gasteiger partial charge on any atom is -0.454 e. The van der Waals surface area contributed by atoms with Gasteiger partial charge in [0.1, 0.15) is 6.04 Å². The van der Waals surface area contributed by atoms with E-state index in [1.165, 1.54) is 6.08 Å². The molecule has 0 saturated carbocycles. The molecule has 1 amide bonds. The summed E-state index contributed by atoms with van der Waals surface area (Å²) in [6, 6.07) is 14.7. The van der Waals surface area contributed by atoms with Crippen molar-refractivity contribution >= 4 is 12.0 Å². The Morgan fingerprint density at radius 2 is 1.90 bits per heavy atom. The van der Waals surface area contributed by atoms with Gasteiger partial charge < -0.3 is 19.3 Å². The summed E-state index contributed by atoms with van der Waals surface area (Å²) in [7, 11) is 0. The summed E-state index contributed by atoms with van der Waals surface area (Å²) >= 11 is 0. The Hall–Kier alpha value is -3.61. The Kier molecular flexibility index (Phi) is 5.29. The first-order valence-electron chi connectivity index (χ1n) is 9.37. The first-order valence-corrected chi connectivity index (χ1v) is 9.37. The Morgan fingerprint density at radius 3 is 2.69 bits per heavy atom. The van der Waals surface area contributed by atoms with E-state index in [0.717, 1.165) is 11.1 Å². The van der Waals surface area contributed by atoms with Gasteiger partial charge in [0.15, 0.2) is 11.5 Å². The van der Waals surface area contributed by atoms with Crippen LogP contribution in [0.25, 0.3) is 17.5 Å². The smallest absolute Gasteiger partial charge is 0.249 e. The summed E-state index contributed by atoms with van der Waals surface area (Å²) in [6.45, 7) is 4.17. The molecule has 0 spiro atoms. The maximum Gasteiger partial charge on any atom is 0.249 e. The lowest BCUT2D eigenvalue weighted by atomic mass is 10.0. The highest BCUT2D eigenvalue weighted by molar-refractivity contribution is 5.91. The maximum atomic E-state index is 12.4. The third kappa shape index (κ3) is 4.29. The predicted molar refractivity (Wildman–Crippen MR) is 107 cm³/mol. The highest BCUT2D eigenvalue weighted by Crippen LogP contribution is 2.35. The number of benzene rings is 2. The first kappa shape index (κ1) is 18.7. The monoisotopic (exact) mass is 391 g/mol. The van der Waals surface area contributed by atoms with Gasteiger partial charge in [0, 0.05) is 11.6 Å². The molecule has 1 aliphatic heterocycles. The van der Waals surface area contributed by atoms with Gasteiger partial charge >= 0.3 is 0 Å². The molecule has 0 fully saturated rings. The predicted octanol–water partition coefficient (Wildman–Crippen LogP) is 3.99. The largest absolute Gasteiger partial charge is 0.454 e. The van der Waals surface area contributed by atoms with Crippen LogP contribution in [0.4, 0.5) is 0 Å². The molecule has 0 bridgehead atoms. The lowest BCUT2D eigenvalue weighted by molar-refractivity contribution is -0.117. The molecular formula is C22H21N3O4. The van der Waals surface area contributed by atoms with Gasteiger partial charge in [-0.25, -0.2) is 0 Å². The molecule has 7 heteroatoms. The molecular weight excluding hydrogens is 370 g/mol. The maximum absolute atomic E-state index is 12.4. The molecule has 1 aromatic heterocycles. The molecule has 0 saturated heterocycles. The third-order valence-corrected chi connectivity index (χ3v) is 4.53. The van der Waals surface area contributed by atoms with E-state index < -0.39 is 6.04 Å². The number of hydrogen-bond acceptors (Lipinski definition) is 6. The van der Waals surface area contributed by atoms with E-state index in [2.05, 4.69) is 15.5 Å². The molecule has 1 N–H and O–H groups in total. The third-order valence-electron chi connectivity index (χ3n) is 4.53. The van der Waals surface area contributed by atoms with E-state index in [9.17, 15) is 4.79 Å². The Balaban J connectivity index is 1.49. The van der Waals surface area contributed by atoms with Crippen molar-refractivity contribution in [3.8, 4) is 22.9 Å². The number of amides is 1. The van der Waals surface area contributed by atoms with Crippen molar-refractivity contribution in [1.29, 1.82) is 0 Å². The number of nitrogens with one attached hydrogen (secondary N) is 1. The average molecular weight is 391 g/mol. The number of rotatable bonds is 6. The van der Waals surface area contributed by atoms with Crippen LogP contribution < -0.4 is 14.8 Å².